The molecule has 0 spiro atoms. The predicted octanol–water partition coefficient (Wildman–Crippen LogP) is 7.34. The number of amides is 2. The van der Waals surface area contributed by atoms with Crippen LogP contribution in [-0.4, -0.2) is 88.8 Å². The van der Waals surface area contributed by atoms with E-state index >= 15 is 13.2 Å². The average Bonchev–Trinajstić information content (AvgIpc) is 3.74. The number of phenols is 1. The zero-order valence-corrected chi connectivity index (χ0v) is 31.6. The van der Waals surface area contributed by atoms with Gasteiger partial charge in [-0.05, 0) is 84.1 Å². The number of pyridine rings is 1. The molecule has 56 heavy (non-hydrogen) atoms. The summed E-state index contributed by atoms with van der Waals surface area (Å²) in [5.41, 5.74) is 2.00. The molecule has 1 N–H and O–H groups in total. The molecule has 1 saturated heterocycles. The molecule has 2 amide bonds. The Hall–Kier alpha value is -5.37. The highest BCUT2D eigenvalue weighted by Gasteiger charge is 2.42. The number of ether oxygens (including phenoxy) is 1. The lowest BCUT2D eigenvalue weighted by Gasteiger charge is -2.40. The maximum Gasteiger partial charge on any atom is 0.432 e. The molecule has 2 aromatic heterocycles. The van der Waals surface area contributed by atoms with Crippen molar-refractivity contribution < 1.29 is 32.6 Å². The number of phenolic OH excluding ortho intramolecular Hbond substituents is 1. The van der Waals surface area contributed by atoms with Crippen LogP contribution in [0.1, 0.15) is 43.1 Å². The van der Waals surface area contributed by atoms with Gasteiger partial charge in [-0.15, -0.1) is 0 Å². The van der Waals surface area contributed by atoms with Crippen molar-refractivity contribution in [3.63, 3.8) is 0 Å². The molecule has 1 fully saturated rings. The third-order valence-electron chi connectivity index (χ3n) is 11.0. The molecule has 0 bridgehead atoms. The lowest BCUT2D eigenvalue weighted by atomic mass is 9.92. The fourth-order valence-corrected chi connectivity index (χ4v) is 8.32. The first-order valence-electron chi connectivity index (χ1n) is 18.5. The summed E-state index contributed by atoms with van der Waals surface area (Å²) in [5, 5.41) is 10.3. The van der Waals surface area contributed by atoms with Crippen molar-refractivity contribution in [1.82, 2.24) is 19.4 Å². The molecule has 0 radical (unpaired) electrons. The van der Waals surface area contributed by atoms with Gasteiger partial charge in [0.2, 0.25) is 0 Å². The van der Waals surface area contributed by atoms with Gasteiger partial charge in [0.25, 0.3) is 11.8 Å². The summed E-state index contributed by atoms with van der Waals surface area (Å²) in [4.78, 5) is 41.3. The maximum absolute atomic E-state index is 15.2. The second kappa shape index (κ2) is 14.9. The van der Waals surface area contributed by atoms with Crippen LogP contribution in [-0.2, 0) is 37.3 Å². The van der Waals surface area contributed by atoms with Crippen LogP contribution < -0.4 is 9.80 Å². The molecule has 1 atom stereocenters. The zero-order valence-electron chi connectivity index (χ0n) is 30.9. The molecular weight excluding hydrogens is 745 g/mol. The van der Waals surface area contributed by atoms with Gasteiger partial charge < -0.3 is 24.2 Å². The number of halogens is 4. The molecule has 0 aliphatic carbocycles. The number of anilines is 3. The number of benzene rings is 3. The quantitative estimate of drug-likeness (QED) is 0.185. The third kappa shape index (κ3) is 7.10. The van der Waals surface area contributed by atoms with Crippen LogP contribution in [0, 0.1) is 0 Å². The first kappa shape index (κ1) is 37.5. The van der Waals surface area contributed by atoms with Crippen LogP contribution >= 0.6 is 11.6 Å². The number of aromatic nitrogens is 2. The van der Waals surface area contributed by atoms with Crippen LogP contribution in [0.2, 0.25) is 5.02 Å². The highest BCUT2D eigenvalue weighted by Crippen LogP contribution is 2.42. The molecule has 8 rings (SSSR count). The number of aromatic hydroxyl groups is 1. The fourth-order valence-electron chi connectivity index (χ4n) is 8.15. The summed E-state index contributed by atoms with van der Waals surface area (Å²) in [6.07, 6.45) is -2.25. The van der Waals surface area contributed by atoms with Crippen molar-refractivity contribution >= 4 is 40.6 Å². The van der Waals surface area contributed by atoms with E-state index < -0.39 is 23.3 Å². The van der Waals surface area contributed by atoms with Crippen molar-refractivity contribution in [3.8, 4) is 17.0 Å². The first-order valence-corrected chi connectivity index (χ1v) is 18.8. The number of rotatable bonds is 7. The minimum Gasteiger partial charge on any atom is -0.508 e. The van der Waals surface area contributed by atoms with E-state index in [1.54, 1.807) is 23.1 Å². The van der Waals surface area contributed by atoms with Crippen molar-refractivity contribution in [2.24, 2.45) is 7.05 Å². The smallest absolute Gasteiger partial charge is 0.432 e. The Morgan fingerprint density at radius 2 is 1.64 bits per heavy atom. The number of hydrogen-bond donors (Lipinski definition) is 1. The predicted molar refractivity (Wildman–Crippen MR) is 208 cm³/mol. The van der Waals surface area contributed by atoms with Gasteiger partial charge in [0, 0.05) is 80.4 Å². The molecule has 14 heteroatoms. The van der Waals surface area contributed by atoms with Crippen LogP contribution in [0.5, 0.6) is 5.75 Å². The van der Waals surface area contributed by atoms with Crippen LogP contribution in [0.4, 0.5) is 30.4 Å². The van der Waals surface area contributed by atoms with Gasteiger partial charge in [0.05, 0.1) is 30.7 Å². The normalized spacial score (nSPS) is 17.1. The fraction of sp³-hybridized carbons (Fsp3) is 0.310. The van der Waals surface area contributed by atoms with E-state index in [0.717, 1.165) is 40.2 Å². The van der Waals surface area contributed by atoms with Crippen molar-refractivity contribution in [2.75, 3.05) is 56.2 Å². The molecule has 3 aromatic carbocycles. The molecule has 3 aliphatic heterocycles. The van der Waals surface area contributed by atoms with E-state index in [0.29, 0.717) is 45.7 Å². The van der Waals surface area contributed by atoms with Crippen molar-refractivity contribution in [1.29, 1.82) is 0 Å². The summed E-state index contributed by atoms with van der Waals surface area (Å²) < 4.78 is 52.2. The standard InChI is InChI=1S/C42H40ClF3N6O4/c1-48-14-13-27-20-31(23-47-39(27)48)52(30-8-10-33(53)11-9-30)41(55)36-22-37(49(2)38(36)42(44,45)46)35-21-29(43)7-12-34(35)40(54)51-24-28-6-4-3-5-26(28)19-32(51)25-50-15-17-56-18-16-50/h3-12,20-23,32,53H,13-19,24-25H2,1-2H3/t32-/m0/s1. The number of likely N-dealkylation sites (N-methyl/N-ethyl adjacent to an activating group) is 1. The highest BCUT2D eigenvalue weighted by molar-refractivity contribution is 6.31. The number of carbonyl (C=O) groups is 2. The number of morpholine rings is 1. The number of alkyl halides is 3. The zero-order chi connectivity index (χ0) is 39.3. The lowest BCUT2D eigenvalue weighted by Crippen LogP contribution is -2.52. The van der Waals surface area contributed by atoms with Crippen LogP contribution in [0.25, 0.3) is 11.3 Å². The molecule has 290 valence electrons. The van der Waals surface area contributed by atoms with Gasteiger partial charge >= 0.3 is 6.18 Å². The van der Waals surface area contributed by atoms with E-state index in [-0.39, 0.29) is 50.9 Å². The summed E-state index contributed by atoms with van der Waals surface area (Å²) in [6, 6.07) is 20.9. The molecular formula is C42H40ClF3N6O4. The van der Waals surface area contributed by atoms with Gasteiger partial charge in [-0.1, -0.05) is 35.9 Å². The minimum absolute atomic E-state index is 0.00646. The van der Waals surface area contributed by atoms with Gasteiger partial charge in [-0.3, -0.25) is 19.4 Å². The number of hydrogen-bond acceptors (Lipinski definition) is 7. The van der Waals surface area contributed by atoms with E-state index in [2.05, 4.69) is 16.0 Å². The SMILES string of the molecule is CN1CCc2cc(N(C(=O)c3cc(-c4cc(Cl)ccc4C(=O)N4Cc5ccccc5C[C@H]4CN4CCOCC4)n(C)c3C(F)(F)F)c3ccc(O)cc3)cnc21. The summed E-state index contributed by atoms with van der Waals surface area (Å²) in [5.74, 6) is -0.666. The summed E-state index contributed by atoms with van der Waals surface area (Å²) in [6.45, 7) is 4.28. The second-order valence-electron chi connectivity index (χ2n) is 14.5. The average molecular weight is 785 g/mol. The topological polar surface area (TPSA) is 94.4 Å². The molecule has 0 saturated carbocycles. The molecule has 5 heterocycles. The number of carbonyl (C=O) groups excluding carboxylic acids is 2. The maximum atomic E-state index is 15.2. The summed E-state index contributed by atoms with van der Waals surface area (Å²) in [7, 11) is 3.13. The third-order valence-corrected chi connectivity index (χ3v) is 11.2. The summed E-state index contributed by atoms with van der Waals surface area (Å²) >= 11 is 6.53. The van der Waals surface area contributed by atoms with Gasteiger partial charge in [0.15, 0.2) is 0 Å². The van der Waals surface area contributed by atoms with Crippen LogP contribution in [0.3, 0.4) is 0 Å². The molecule has 5 aromatic rings. The molecule has 0 unspecified atom stereocenters. The highest BCUT2D eigenvalue weighted by atomic mass is 35.5. The number of nitrogens with zero attached hydrogens (tertiary/aromatic N) is 6. The van der Waals surface area contributed by atoms with Gasteiger partial charge in [0.1, 0.15) is 17.3 Å². The largest absolute Gasteiger partial charge is 0.508 e. The Balaban J connectivity index is 1.23. The van der Waals surface area contributed by atoms with Crippen molar-refractivity contribution in [3.05, 3.63) is 124 Å². The van der Waals surface area contributed by atoms with E-state index in [1.165, 1.54) is 54.5 Å². The Kier molecular flexibility index (Phi) is 10.0. The molecule has 3 aliphatic rings. The van der Waals surface area contributed by atoms with Gasteiger partial charge in [-0.25, -0.2) is 4.98 Å². The minimum atomic E-state index is -4.97. The first-order chi connectivity index (χ1) is 26.9. The monoisotopic (exact) mass is 784 g/mol. The number of fused-ring (bicyclic) bond motifs is 2. The lowest BCUT2D eigenvalue weighted by molar-refractivity contribution is -0.143. The Labute approximate surface area is 327 Å². The van der Waals surface area contributed by atoms with Crippen molar-refractivity contribution in [2.45, 2.75) is 31.6 Å². The Morgan fingerprint density at radius 3 is 2.38 bits per heavy atom. The van der Waals surface area contributed by atoms with E-state index in [1.807, 2.05) is 30.1 Å². The molecule has 10 nitrogen and oxygen atoms in total. The van der Waals surface area contributed by atoms with Crippen LogP contribution in [0.15, 0.2) is 85.1 Å². The Bertz CT molecular complexity index is 2310. The van der Waals surface area contributed by atoms with E-state index in [9.17, 15) is 14.7 Å². The van der Waals surface area contributed by atoms with E-state index in [4.69, 9.17) is 16.3 Å². The Morgan fingerprint density at radius 1 is 0.911 bits per heavy atom. The van der Waals surface area contributed by atoms with Gasteiger partial charge in [-0.2, -0.15) is 13.2 Å². The second-order valence-corrected chi connectivity index (χ2v) is 15.0.